The van der Waals surface area contributed by atoms with Crippen molar-refractivity contribution in [3.63, 3.8) is 0 Å². The molecule has 210 valence electrons. The Hall–Kier alpha value is -2.91. The molecule has 0 spiro atoms. The van der Waals surface area contributed by atoms with Gasteiger partial charge in [-0.2, -0.15) is 10.5 Å². The maximum Gasteiger partial charge on any atom is 0.251 e. The summed E-state index contributed by atoms with van der Waals surface area (Å²) < 4.78 is 0. The van der Waals surface area contributed by atoms with Gasteiger partial charge in [0.15, 0.2) is 0 Å². The average molecular weight is 580 g/mol. The van der Waals surface area contributed by atoms with E-state index in [2.05, 4.69) is 32.6 Å². The molecular formula is C31H36Cl2N6O. The standard InChI is InChI=1S/C31H36Cl2N6O/c1-22(2)37-30(40)29(25(18-34)19-35)31(39-12-9-36-21-39,17-24-14-27(32)16-28(33)15-24)26-8-6-7-23(13-26)20-38-10-4-3-5-11-38/h6-8,13-16,22,36H,3-5,9-12,17,20-21H2,1-2H3,(H,37,40). The highest BCUT2D eigenvalue weighted by Crippen LogP contribution is 2.43. The summed E-state index contributed by atoms with van der Waals surface area (Å²) in [5.41, 5.74) is 1.56. The Morgan fingerprint density at radius 3 is 2.33 bits per heavy atom. The summed E-state index contributed by atoms with van der Waals surface area (Å²) in [5, 5.41) is 27.7. The van der Waals surface area contributed by atoms with Crippen molar-refractivity contribution < 1.29 is 4.79 Å². The fraction of sp³-hybridized carbons (Fsp3) is 0.452. The summed E-state index contributed by atoms with van der Waals surface area (Å²) in [6.07, 6.45) is 3.92. The summed E-state index contributed by atoms with van der Waals surface area (Å²) >= 11 is 12.9. The van der Waals surface area contributed by atoms with Crippen molar-refractivity contribution in [1.29, 1.82) is 10.5 Å². The SMILES string of the molecule is CC(C)NC(=O)C(=C(C#N)C#N)C(Cc1cc(Cl)cc(Cl)c1)(c1cccc(CN2CCCCC2)c1)N1CCNC1. The molecule has 2 aromatic carbocycles. The zero-order chi connectivity index (χ0) is 28.7. The van der Waals surface area contributed by atoms with Gasteiger partial charge in [-0.1, -0.05) is 53.9 Å². The van der Waals surface area contributed by atoms with E-state index in [9.17, 15) is 15.3 Å². The number of allylic oxidation sites excluding steroid dienone is 1. The zero-order valence-corrected chi connectivity index (χ0v) is 24.7. The van der Waals surface area contributed by atoms with Crippen molar-refractivity contribution in [3.8, 4) is 12.1 Å². The lowest BCUT2D eigenvalue weighted by atomic mass is 9.73. The molecule has 0 bridgehead atoms. The minimum absolute atomic E-state index is 0.140. The third-order valence-corrected chi connectivity index (χ3v) is 8.01. The number of nitriles is 2. The molecule has 9 heteroatoms. The molecule has 0 saturated carbocycles. The molecular weight excluding hydrogens is 543 g/mol. The summed E-state index contributed by atoms with van der Waals surface area (Å²) in [6.45, 7) is 8.44. The number of rotatable bonds is 9. The lowest BCUT2D eigenvalue weighted by Crippen LogP contribution is -2.53. The molecule has 0 aliphatic carbocycles. The van der Waals surface area contributed by atoms with Crippen molar-refractivity contribution >= 4 is 29.1 Å². The molecule has 2 heterocycles. The molecule has 1 unspecified atom stereocenters. The number of amides is 1. The fourth-order valence-corrected chi connectivity index (χ4v) is 6.48. The molecule has 0 radical (unpaired) electrons. The van der Waals surface area contributed by atoms with Gasteiger partial charge in [-0.15, -0.1) is 0 Å². The molecule has 4 rings (SSSR count). The average Bonchev–Trinajstić information content (AvgIpc) is 3.46. The van der Waals surface area contributed by atoms with Gasteiger partial charge in [0.05, 0.1) is 11.1 Å². The van der Waals surface area contributed by atoms with Crippen molar-refractivity contribution in [2.24, 2.45) is 0 Å². The lowest BCUT2D eigenvalue weighted by molar-refractivity contribution is -0.119. The Labute approximate surface area is 247 Å². The van der Waals surface area contributed by atoms with Gasteiger partial charge in [-0.3, -0.25) is 14.6 Å². The Morgan fingerprint density at radius 2 is 1.73 bits per heavy atom. The van der Waals surface area contributed by atoms with Crippen molar-refractivity contribution in [2.45, 2.75) is 57.7 Å². The second-order valence-corrected chi connectivity index (χ2v) is 11.7. The Morgan fingerprint density at radius 1 is 1.02 bits per heavy atom. The van der Waals surface area contributed by atoms with E-state index in [0.29, 0.717) is 29.8 Å². The van der Waals surface area contributed by atoms with Crippen LogP contribution < -0.4 is 10.6 Å². The van der Waals surface area contributed by atoms with Crippen LogP contribution in [0.2, 0.25) is 10.0 Å². The molecule has 2 aromatic rings. The molecule has 40 heavy (non-hydrogen) atoms. The van der Waals surface area contributed by atoms with E-state index in [1.54, 1.807) is 6.07 Å². The van der Waals surface area contributed by atoms with Gasteiger partial charge in [0.2, 0.25) is 0 Å². The molecule has 2 fully saturated rings. The third kappa shape index (κ3) is 6.86. The molecule has 2 N–H and O–H groups in total. The van der Waals surface area contributed by atoms with Gasteiger partial charge in [-0.25, -0.2) is 0 Å². The predicted octanol–water partition coefficient (Wildman–Crippen LogP) is 5.15. The van der Waals surface area contributed by atoms with Crippen LogP contribution in [0.15, 0.2) is 53.6 Å². The number of carbonyl (C=O) groups excluding carboxylic acids is 1. The summed E-state index contributed by atoms with van der Waals surface area (Å²) in [4.78, 5) is 18.7. The molecule has 2 saturated heterocycles. The first-order valence-corrected chi connectivity index (χ1v) is 14.6. The van der Waals surface area contributed by atoms with E-state index in [1.165, 1.54) is 19.3 Å². The maximum absolute atomic E-state index is 14.0. The summed E-state index contributed by atoms with van der Waals surface area (Å²) in [6, 6.07) is 17.5. The second kappa shape index (κ2) is 13.6. The van der Waals surface area contributed by atoms with Crippen molar-refractivity contribution in [2.75, 3.05) is 32.8 Å². The van der Waals surface area contributed by atoms with Crippen LogP contribution in [0.4, 0.5) is 0 Å². The largest absolute Gasteiger partial charge is 0.350 e. The number of piperidine rings is 1. The predicted molar refractivity (Wildman–Crippen MR) is 159 cm³/mol. The lowest BCUT2D eigenvalue weighted by Gasteiger charge is -2.44. The van der Waals surface area contributed by atoms with Gasteiger partial charge in [-0.05, 0) is 81.1 Å². The Bertz CT molecular complexity index is 1300. The number of nitrogens with zero attached hydrogens (tertiary/aromatic N) is 4. The van der Waals surface area contributed by atoms with E-state index in [0.717, 1.165) is 36.3 Å². The first kappa shape index (κ1) is 30.1. The van der Waals surface area contributed by atoms with Crippen LogP contribution >= 0.6 is 23.2 Å². The second-order valence-electron chi connectivity index (χ2n) is 10.9. The molecule has 0 aromatic heterocycles. The number of hydrogen-bond donors (Lipinski definition) is 2. The normalized spacial score (nSPS) is 17.6. The van der Waals surface area contributed by atoms with Gasteiger partial charge >= 0.3 is 0 Å². The Kier molecular flexibility index (Phi) is 10.2. The number of halogens is 2. The van der Waals surface area contributed by atoms with Crippen LogP contribution in [0.3, 0.4) is 0 Å². The minimum Gasteiger partial charge on any atom is -0.350 e. The van der Waals surface area contributed by atoms with E-state index in [1.807, 2.05) is 50.3 Å². The highest BCUT2D eigenvalue weighted by atomic mass is 35.5. The fourth-order valence-electron chi connectivity index (χ4n) is 5.91. The van der Waals surface area contributed by atoms with Crippen LogP contribution in [0.25, 0.3) is 0 Å². The van der Waals surface area contributed by atoms with E-state index >= 15 is 0 Å². The van der Waals surface area contributed by atoms with Crippen LogP contribution in [0.5, 0.6) is 0 Å². The first-order valence-electron chi connectivity index (χ1n) is 13.8. The first-order chi connectivity index (χ1) is 19.3. The molecule has 7 nitrogen and oxygen atoms in total. The number of nitrogens with one attached hydrogen (secondary N) is 2. The quantitative estimate of drug-likeness (QED) is 0.315. The molecule has 2 aliphatic heterocycles. The minimum atomic E-state index is -1.14. The van der Waals surface area contributed by atoms with Crippen LogP contribution in [0.1, 0.15) is 49.8 Å². The highest BCUT2D eigenvalue weighted by Gasteiger charge is 2.48. The van der Waals surface area contributed by atoms with Crippen molar-refractivity contribution in [1.82, 2.24) is 20.4 Å². The summed E-state index contributed by atoms with van der Waals surface area (Å²) in [7, 11) is 0. The number of benzene rings is 2. The monoisotopic (exact) mass is 578 g/mol. The van der Waals surface area contributed by atoms with Gasteiger partial charge in [0.1, 0.15) is 17.7 Å². The Balaban J connectivity index is 1.98. The van der Waals surface area contributed by atoms with E-state index < -0.39 is 11.4 Å². The molecule has 1 amide bonds. The van der Waals surface area contributed by atoms with E-state index in [-0.39, 0.29) is 23.6 Å². The van der Waals surface area contributed by atoms with Crippen LogP contribution in [-0.2, 0) is 23.3 Å². The van der Waals surface area contributed by atoms with Gasteiger partial charge in [0.25, 0.3) is 5.91 Å². The molecule has 2 aliphatic rings. The third-order valence-electron chi connectivity index (χ3n) is 7.58. The van der Waals surface area contributed by atoms with Crippen molar-refractivity contribution in [3.05, 3.63) is 80.3 Å². The van der Waals surface area contributed by atoms with Gasteiger partial charge in [0, 0.05) is 42.4 Å². The van der Waals surface area contributed by atoms with Gasteiger partial charge < -0.3 is 10.6 Å². The smallest absolute Gasteiger partial charge is 0.251 e. The van der Waals surface area contributed by atoms with E-state index in [4.69, 9.17) is 23.2 Å². The number of likely N-dealkylation sites (tertiary alicyclic amines) is 1. The summed E-state index contributed by atoms with van der Waals surface area (Å²) in [5.74, 6) is -0.436. The number of hydrogen-bond acceptors (Lipinski definition) is 6. The topological polar surface area (TPSA) is 95.2 Å². The van der Waals surface area contributed by atoms with Crippen LogP contribution in [-0.4, -0.2) is 54.6 Å². The highest BCUT2D eigenvalue weighted by molar-refractivity contribution is 6.34. The van der Waals surface area contributed by atoms with Crippen LogP contribution in [0, 0.1) is 22.7 Å². The maximum atomic E-state index is 14.0. The molecule has 1 atom stereocenters. The zero-order valence-electron chi connectivity index (χ0n) is 23.1. The number of carbonyl (C=O) groups is 1.